The number of hydrogen-bond donors (Lipinski definition) is 5. The van der Waals surface area contributed by atoms with E-state index >= 15 is 0 Å². The molecule has 2 aliphatic rings. The van der Waals surface area contributed by atoms with E-state index in [2.05, 4.69) is 71.8 Å². The SMILES string of the molecule is O=Cc1cccc(Br)c1O.O=c1cc(N2CCN(Cc3cccc(Br)c3O)CC2)nc[nH]1.O=c1cc(N2CCNCC2)nc[nH]1. The molecular weight excluding hydrogens is 712 g/mol. The number of aromatic hydroxyl groups is 2. The minimum Gasteiger partial charge on any atom is -0.506 e. The summed E-state index contributed by atoms with van der Waals surface area (Å²) in [5.41, 5.74) is 0.988. The van der Waals surface area contributed by atoms with Crippen molar-refractivity contribution in [2.75, 3.05) is 62.2 Å². The number of phenolic OH excluding ortho intramolecular Hbond substituents is 2. The van der Waals surface area contributed by atoms with Gasteiger partial charge in [0.15, 0.2) is 6.29 Å². The smallest absolute Gasteiger partial charge is 0.252 e. The van der Waals surface area contributed by atoms with Crippen molar-refractivity contribution in [3.8, 4) is 11.5 Å². The zero-order chi connectivity index (χ0) is 32.2. The number of aldehydes is 1. The highest BCUT2D eigenvalue weighted by Crippen LogP contribution is 2.29. The minimum absolute atomic E-state index is 0.00231. The third-order valence-corrected chi connectivity index (χ3v) is 8.35. The number of anilines is 2. The van der Waals surface area contributed by atoms with Crippen molar-refractivity contribution < 1.29 is 15.0 Å². The first-order valence-electron chi connectivity index (χ1n) is 14.2. The summed E-state index contributed by atoms with van der Waals surface area (Å²) in [4.78, 5) is 52.4. The molecule has 13 nitrogen and oxygen atoms in total. The Balaban J connectivity index is 0.000000170. The quantitative estimate of drug-likeness (QED) is 0.191. The lowest BCUT2D eigenvalue weighted by Gasteiger charge is -2.35. The Morgan fingerprint density at radius 1 is 0.756 bits per heavy atom. The Bertz CT molecular complexity index is 1670. The van der Waals surface area contributed by atoms with Crippen LogP contribution in [0, 0.1) is 0 Å². The lowest BCUT2D eigenvalue weighted by molar-refractivity contribution is 0.112. The molecule has 0 aliphatic carbocycles. The second kappa shape index (κ2) is 16.9. The van der Waals surface area contributed by atoms with E-state index < -0.39 is 0 Å². The van der Waals surface area contributed by atoms with E-state index in [4.69, 9.17) is 5.11 Å². The summed E-state index contributed by atoms with van der Waals surface area (Å²) in [5, 5.41) is 22.4. The molecule has 15 heteroatoms. The molecule has 0 atom stereocenters. The number of aromatic amines is 2. The molecule has 2 fully saturated rings. The highest BCUT2D eigenvalue weighted by Gasteiger charge is 2.19. The van der Waals surface area contributed by atoms with Crippen LogP contribution in [0.25, 0.3) is 0 Å². The highest BCUT2D eigenvalue weighted by atomic mass is 79.9. The Hall–Kier alpha value is -4.05. The van der Waals surface area contributed by atoms with Gasteiger partial charge in [-0.25, -0.2) is 9.97 Å². The van der Waals surface area contributed by atoms with Crippen molar-refractivity contribution in [3.63, 3.8) is 0 Å². The van der Waals surface area contributed by atoms with E-state index in [0.29, 0.717) is 34.4 Å². The molecular formula is C30H34Br2N8O5. The zero-order valence-electron chi connectivity index (χ0n) is 24.3. The fourth-order valence-electron chi connectivity index (χ4n) is 4.65. The molecule has 2 aromatic carbocycles. The predicted molar refractivity (Wildman–Crippen MR) is 179 cm³/mol. The van der Waals surface area contributed by atoms with Gasteiger partial charge in [-0.2, -0.15) is 0 Å². The largest absolute Gasteiger partial charge is 0.506 e. The molecule has 45 heavy (non-hydrogen) atoms. The number of carbonyl (C=O) groups is 1. The topological polar surface area (TPSA) is 171 Å². The molecule has 238 valence electrons. The van der Waals surface area contributed by atoms with Gasteiger partial charge in [0, 0.05) is 76.6 Å². The lowest BCUT2D eigenvalue weighted by Crippen LogP contribution is -2.46. The van der Waals surface area contributed by atoms with Crippen LogP contribution in [0.5, 0.6) is 11.5 Å². The molecule has 0 spiro atoms. The molecule has 0 bridgehead atoms. The van der Waals surface area contributed by atoms with Crippen LogP contribution in [0.4, 0.5) is 11.6 Å². The molecule has 0 amide bonds. The van der Waals surface area contributed by atoms with Crippen molar-refractivity contribution in [3.05, 3.63) is 102 Å². The molecule has 4 aromatic rings. The first kappa shape index (κ1) is 33.8. The average molecular weight is 746 g/mol. The van der Waals surface area contributed by atoms with E-state index in [1.165, 1.54) is 24.8 Å². The summed E-state index contributed by atoms with van der Waals surface area (Å²) < 4.78 is 1.26. The van der Waals surface area contributed by atoms with Crippen molar-refractivity contribution in [2.24, 2.45) is 0 Å². The first-order chi connectivity index (χ1) is 21.7. The molecule has 2 aliphatic heterocycles. The number of aromatic nitrogens is 4. The van der Waals surface area contributed by atoms with E-state index in [1.807, 2.05) is 18.2 Å². The van der Waals surface area contributed by atoms with Crippen LogP contribution in [0.1, 0.15) is 15.9 Å². The van der Waals surface area contributed by atoms with E-state index in [1.54, 1.807) is 18.2 Å². The molecule has 0 radical (unpaired) electrons. The number of H-pyrrole nitrogens is 2. The van der Waals surface area contributed by atoms with Gasteiger partial charge < -0.3 is 35.3 Å². The Kier molecular flexibility index (Phi) is 12.7. The second-order valence-corrected chi connectivity index (χ2v) is 11.8. The van der Waals surface area contributed by atoms with Crippen LogP contribution in [0.15, 0.2) is 79.7 Å². The van der Waals surface area contributed by atoms with Gasteiger partial charge in [0.2, 0.25) is 0 Å². The van der Waals surface area contributed by atoms with Crippen LogP contribution >= 0.6 is 31.9 Å². The number of nitrogens with one attached hydrogen (secondary N) is 3. The molecule has 0 saturated carbocycles. The summed E-state index contributed by atoms with van der Waals surface area (Å²) >= 11 is 6.42. The molecule has 5 N–H and O–H groups in total. The summed E-state index contributed by atoms with van der Waals surface area (Å²) in [6.45, 7) is 7.79. The Morgan fingerprint density at radius 2 is 1.29 bits per heavy atom. The number of piperazine rings is 2. The molecule has 2 saturated heterocycles. The van der Waals surface area contributed by atoms with Crippen LogP contribution in [-0.2, 0) is 6.54 Å². The number of phenols is 2. The van der Waals surface area contributed by atoms with Gasteiger partial charge >= 0.3 is 0 Å². The number of benzene rings is 2. The van der Waals surface area contributed by atoms with Gasteiger partial charge in [0.1, 0.15) is 23.1 Å². The maximum absolute atomic E-state index is 11.3. The number of halogens is 2. The van der Waals surface area contributed by atoms with Crippen molar-refractivity contribution in [1.29, 1.82) is 0 Å². The standard InChI is InChI=1S/C15H17BrN4O2.C8H12N4O.C7H5BrO2/c16-12-3-1-2-11(15(12)22)9-19-4-6-20(7-5-19)13-8-14(21)18-10-17-13;13-8-5-7(10-6-11-8)12-3-1-9-2-4-12;8-6-3-1-2-5(4-9)7(6)10/h1-3,8,10,22H,4-7,9H2,(H,17,18,21);5-6,9H,1-4H2,(H,10,11,13);1-4,10H. The van der Waals surface area contributed by atoms with Gasteiger partial charge in [-0.15, -0.1) is 0 Å². The number of rotatable bonds is 5. The maximum atomic E-state index is 11.3. The third-order valence-electron chi connectivity index (χ3n) is 7.07. The van der Waals surface area contributed by atoms with Crippen LogP contribution in [0.3, 0.4) is 0 Å². The fraction of sp³-hybridized carbons (Fsp3) is 0.300. The molecule has 6 rings (SSSR count). The molecule has 2 aromatic heterocycles. The molecule has 4 heterocycles. The van der Waals surface area contributed by atoms with Gasteiger partial charge in [-0.05, 0) is 50.1 Å². The summed E-state index contributed by atoms with van der Waals surface area (Å²) in [6.07, 6.45) is 3.49. The van der Waals surface area contributed by atoms with Crippen LogP contribution < -0.4 is 26.2 Å². The van der Waals surface area contributed by atoms with E-state index in [9.17, 15) is 19.5 Å². The zero-order valence-corrected chi connectivity index (χ0v) is 27.5. The normalized spacial score (nSPS) is 14.9. The third kappa shape index (κ3) is 9.97. The van der Waals surface area contributed by atoms with Crippen molar-refractivity contribution in [2.45, 2.75) is 6.54 Å². The lowest BCUT2D eigenvalue weighted by atomic mass is 10.1. The van der Waals surface area contributed by atoms with Crippen LogP contribution in [-0.4, -0.2) is 93.7 Å². The van der Waals surface area contributed by atoms with Gasteiger partial charge in [-0.1, -0.05) is 18.2 Å². The van der Waals surface area contributed by atoms with Gasteiger partial charge in [0.25, 0.3) is 11.1 Å². The highest BCUT2D eigenvalue weighted by molar-refractivity contribution is 9.10. The monoisotopic (exact) mass is 744 g/mol. The fourth-order valence-corrected chi connectivity index (χ4v) is 5.44. The molecule has 0 unspecified atom stereocenters. The number of carbonyl (C=O) groups excluding carboxylic acids is 1. The first-order valence-corrected chi connectivity index (χ1v) is 15.7. The Labute approximate surface area is 276 Å². The maximum Gasteiger partial charge on any atom is 0.252 e. The number of nitrogens with zero attached hydrogens (tertiary/aromatic N) is 5. The van der Waals surface area contributed by atoms with Crippen molar-refractivity contribution in [1.82, 2.24) is 30.2 Å². The average Bonchev–Trinajstić information content (AvgIpc) is 3.06. The minimum atomic E-state index is -0.133. The number of hydrogen-bond acceptors (Lipinski definition) is 11. The number of para-hydroxylation sites is 2. The summed E-state index contributed by atoms with van der Waals surface area (Å²) in [7, 11) is 0. The summed E-state index contributed by atoms with van der Waals surface area (Å²) in [6, 6.07) is 13.7. The van der Waals surface area contributed by atoms with E-state index in [-0.39, 0.29) is 16.9 Å². The van der Waals surface area contributed by atoms with Gasteiger partial charge in [-0.3, -0.25) is 19.3 Å². The van der Waals surface area contributed by atoms with Crippen LogP contribution in [0.2, 0.25) is 0 Å². The van der Waals surface area contributed by atoms with Crippen molar-refractivity contribution >= 4 is 49.8 Å². The summed E-state index contributed by atoms with van der Waals surface area (Å²) in [5.74, 6) is 1.79. The van der Waals surface area contributed by atoms with E-state index in [0.717, 1.165) is 68.2 Å². The Morgan fingerprint density at radius 3 is 1.82 bits per heavy atom. The van der Waals surface area contributed by atoms with Gasteiger partial charge in [0.05, 0.1) is 27.2 Å². The second-order valence-electron chi connectivity index (χ2n) is 10.1. The predicted octanol–water partition coefficient (Wildman–Crippen LogP) is 2.71.